The van der Waals surface area contributed by atoms with E-state index in [1.165, 1.54) is 12.1 Å². The van der Waals surface area contributed by atoms with Crippen molar-refractivity contribution in [1.82, 2.24) is 9.78 Å². The molecule has 1 heterocycles. The van der Waals surface area contributed by atoms with Gasteiger partial charge in [-0.05, 0) is 36.4 Å². The third-order valence-corrected chi connectivity index (χ3v) is 3.38. The van der Waals surface area contributed by atoms with Crippen LogP contribution in [-0.4, -0.2) is 78.6 Å². The van der Waals surface area contributed by atoms with Gasteiger partial charge in [-0.1, -0.05) is 6.07 Å². The van der Waals surface area contributed by atoms with Gasteiger partial charge in [-0.25, -0.2) is 13.9 Å². The first-order valence-electron chi connectivity index (χ1n) is 6.98. The molecule has 1 aromatic heterocycles. The molecule has 0 fully saturated rings. The summed E-state index contributed by atoms with van der Waals surface area (Å²) in [6.07, 6.45) is -4.87. The molecule has 0 spiro atoms. The molecule has 1 N–H and O–H groups in total. The van der Waals surface area contributed by atoms with E-state index in [1.807, 2.05) is 0 Å². The normalized spacial score (nSPS) is 11.1. The average Bonchev–Trinajstić information content (AvgIpc) is 2.54. The summed E-state index contributed by atoms with van der Waals surface area (Å²) < 4.78 is 55.4. The third-order valence-electron chi connectivity index (χ3n) is 3.38. The maximum atomic E-state index is 14.1. The second-order valence-electron chi connectivity index (χ2n) is 5.07. The Bertz CT molecular complexity index is 1060. The number of ether oxygens (including phenoxy) is 1. The molecule has 0 aliphatic rings. The van der Waals surface area contributed by atoms with Gasteiger partial charge in [0.15, 0.2) is 0 Å². The van der Waals surface area contributed by atoms with E-state index < -0.39 is 40.4 Å². The smallest absolute Gasteiger partial charge is 0.476 e. The van der Waals surface area contributed by atoms with Crippen molar-refractivity contribution < 1.29 is 32.2 Å². The van der Waals surface area contributed by atoms with Crippen molar-refractivity contribution in [1.29, 1.82) is 0 Å². The van der Waals surface area contributed by atoms with Gasteiger partial charge in [-0.2, -0.15) is 5.10 Å². The van der Waals surface area contributed by atoms with Gasteiger partial charge < -0.3 is 9.84 Å². The number of carbonyl (C=O) groups is 1. The van der Waals surface area contributed by atoms with Crippen molar-refractivity contribution >= 4 is 68.3 Å². The molecule has 0 atom stereocenters. The topological polar surface area (TPSA) is 81.4 Å². The molecule has 11 heteroatoms. The number of nitrogens with zero attached hydrogens (tertiary/aromatic N) is 2. The van der Waals surface area contributed by atoms with E-state index in [9.17, 15) is 27.2 Å². The van der Waals surface area contributed by atoms with Crippen LogP contribution in [0, 0.1) is 5.82 Å². The van der Waals surface area contributed by atoms with E-state index >= 15 is 0 Å². The van der Waals surface area contributed by atoms with Crippen LogP contribution in [-0.2, 0) is 0 Å². The Morgan fingerprint density at radius 2 is 1.74 bits per heavy atom. The predicted octanol–water partition coefficient (Wildman–Crippen LogP) is 2.74. The zero-order valence-corrected chi connectivity index (χ0v) is 16.7. The van der Waals surface area contributed by atoms with E-state index in [0.29, 0.717) is 0 Å². The molecule has 0 aliphatic carbocycles. The zero-order chi connectivity index (χ0) is 19.1. The van der Waals surface area contributed by atoms with Gasteiger partial charge in [-0.15, -0.1) is 13.2 Å². The molecule has 0 bridgehead atoms. The Balaban J connectivity index is 0.00000261. The van der Waals surface area contributed by atoms with Crippen LogP contribution in [0.25, 0.3) is 16.6 Å². The molecule has 3 aromatic rings. The molecule has 6 nitrogen and oxygen atoms in total. The molecule has 27 heavy (non-hydrogen) atoms. The Morgan fingerprint density at radius 1 is 1.11 bits per heavy atom. The van der Waals surface area contributed by atoms with Crippen molar-refractivity contribution in [3.05, 3.63) is 64.2 Å². The molecular weight excluding hydrogens is 399 g/mol. The minimum absolute atomic E-state index is 0. The minimum atomic E-state index is -4.87. The van der Waals surface area contributed by atoms with E-state index in [1.54, 1.807) is 0 Å². The van der Waals surface area contributed by atoms with Crippen LogP contribution in [0.1, 0.15) is 10.5 Å². The summed E-state index contributed by atoms with van der Waals surface area (Å²) >= 11 is 0. The first kappa shape index (κ1) is 21.5. The second-order valence-corrected chi connectivity index (χ2v) is 5.07. The number of halogens is 4. The number of carboxylic acids is 1. The summed E-state index contributed by atoms with van der Waals surface area (Å²) in [4.78, 5) is 23.4. The molecule has 135 valence electrons. The van der Waals surface area contributed by atoms with E-state index in [-0.39, 0.29) is 62.6 Å². The summed E-state index contributed by atoms with van der Waals surface area (Å²) in [6, 6.07) is 7.89. The number of hydrogen-bond donors (Lipinski definition) is 1. The SMILES string of the molecule is O=C(O)c1nn(-c2ccc(OC(F)(F)F)cc2)c2cccc(F)c2c1=O.[K]. The standard InChI is InChI=1S/C16H8F4N2O4.K/c17-10-2-1-3-11-12(10)14(23)13(15(24)25)21-22(11)8-4-6-9(7-5-8)26-16(18,19)20;/h1-7H,(H,24,25);. The Hall–Kier alpha value is -1.79. The van der Waals surface area contributed by atoms with Crippen LogP contribution in [0.5, 0.6) is 5.75 Å². The van der Waals surface area contributed by atoms with Gasteiger partial charge in [0, 0.05) is 51.4 Å². The maximum Gasteiger partial charge on any atom is 0.573 e. The number of aromatic carboxylic acids is 1. The summed E-state index contributed by atoms with van der Waals surface area (Å²) in [5, 5.41) is 12.3. The molecule has 0 aliphatic heterocycles. The van der Waals surface area contributed by atoms with Crippen LogP contribution in [0.2, 0.25) is 0 Å². The summed E-state index contributed by atoms with van der Waals surface area (Å²) in [7, 11) is 0. The average molecular weight is 407 g/mol. The van der Waals surface area contributed by atoms with Crippen molar-refractivity contribution in [3.8, 4) is 11.4 Å². The van der Waals surface area contributed by atoms with E-state index in [2.05, 4.69) is 9.84 Å². The number of aromatic nitrogens is 2. The predicted molar refractivity (Wildman–Crippen MR) is 86.7 cm³/mol. The first-order valence-corrected chi connectivity index (χ1v) is 6.98. The van der Waals surface area contributed by atoms with Crippen molar-refractivity contribution in [2.45, 2.75) is 6.36 Å². The van der Waals surface area contributed by atoms with Crippen LogP contribution >= 0.6 is 0 Å². The Labute approximate surface area is 190 Å². The molecule has 2 aromatic carbocycles. The van der Waals surface area contributed by atoms with Crippen LogP contribution < -0.4 is 10.2 Å². The molecule has 0 saturated heterocycles. The number of alkyl halides is 3. The summed E-state index contributed by atoms with van der Waals surface area (Å²) in [6.45, 7) is 0. The van der Waals surface area contributed by atoms with E-state index in [4.69, 9.17) is 5.11 Å². The molecule has 0 amide bonds. The number of benzene rings is 2. The Morgan fingerprint density at radius 3 is 2.30 bits per heavy atom. The monoisotopic (exact) mass is 407 g/mol. The van der Waals surface area contributed by atoms with Gasteiger partial charge in [0.2, 0.25) is 11.1 Å². The largest absolute Gasteiger partial charge is 0.573 e. The van der Waals surface area contributed by atoms with Crippen molar-refractivity contribution in [2.75, 3.05) is 0 Å². The first-order chi connectivity index (χ1) is 12.2. The summed E-state index contributed by atoms with van der Waals surface area (Å²) in [5.41, 5.74) is -1.95. The maximum absolute atomic E-state index is 14.1. The molecule has 3 rings (SSSR count). The second kappa shape index (κ2) is 8.06. The van der Waals surface area contributed by atoms with Crippen molar-refractivity contribution in [3.63, 3.8) is 0 Å². The Kier molecular flexibility index (Phi) is 6.42. The minimum Gasteiger partial charge on any atom is -0.476 e. The zero-order valence-electron chi connectivity index (χ0n) is 13.6. The number of rotatable bonds is 3. The van der Waals surface area contributed by atoms with Gasteiger partial charge in [0.1, 0.15) is 11.6 Å². The van der Waals surface area contributed by atoms with Gasteiger partial charge >= 0.3 is 12.3 Å². The van der Waals surface area contributed by atoms with Gasteiger partial charge in [-0.3, -0.25) is 4.79 Å². The van der Waals surface area contributed by atoms with Crippen LogP contribution in [0.15, 0.2) is 47.3 Å². The molecule has 0 unspecified atom stereocenters. The van der Waals surface area contributed by atoms with Crippen molar-refractivity contribution in [2.24, 2.45) is 0 Å². The number of fused-ring (bicyclic) bond motifs is 1. The molecule has 0 saturated carbocycles. The van der Waals surface area contributed by atoms with E-state index in [0.717, 1.165) is 35.0 Å². The third kappa shape index (κ3) is 4.55. The van der Waals surface area contributed by atoms with Gasteiger partial charge in [0.05, 0.1) is 16.6 Å². The molecular formula is C16H8F4KN2O4. The fraction of sp³-hybridized carbons (Fsp3) is 0.0625. The van der Waals surface area contributed by atoms with Crippen LogP contribution in [0.3, 0.4) is 0 Å². The summed E-state index contributed by atoms with van der Waals surface area (Å²) in [5.74, 6) is -3.11. The fourth-order valence-electron chi connectivity index (χ4n) is 2.36. The van der Waals surface area contributed by atoms with Crippen LogP contribution in [0.4, 0.5) is 17.6 Å². The molecule has 1 radical (unpaired) electrons. The fourth-order valence-corrected chi connectivity index (χ4v) is 2.36. The quantitative estimate of drug-likeness (QED) is 0.533. The number of hydrogen-bond acceptors (Lipinski definition) is 4. The van der Waals surface area contributed by atoms with Gasteiger partial charge in [0.25, 0.3) is 0 Å². The number of carboxylic acid groups (broad SMARTS) is 1.